The number of hydrogen-bond donors (Lipinski definition) is 0. The highest BCUT2D eigenvalue weighted by Crippen LogP contribution is 2.30. The number of methoxy groups -OCH3 is 2. The summed E-state index contributed by atoms with van der Waals surface area (Å²) in [6.07, 6.45) is 1.93. The molecule has 0 spiro atoms. The van der Waals surface area contributed by atoms with Gasteiger partial charge >= 0.3 is 0 Å². The van der Waals surface area contributed by atoms with Crippen LogP contribution in [0, 0.1) is 5.92 Å². The first-order valence-corrected chi connectivity index (χ1v) is 5.27. The summed E-state index contributed by atoms with van der Waals surface area (Å²) in [6, 6.07) is -0.273. The lowest BCUT2D eigenvalue weighted by Gasteiger charge is -2.22. The first-order valence-electron chi connectivity index (χ1n) is 5.27. The zero-order valence-electron chi connectivity index (χ0n) is 9.57. The maximum Gasteiger partial charge on any atom is 0.109 e. The van der Waals surface area contributed by atoms with E-state index in [4.69, 9.17) is 22.1 Å². The van der Waals surface area contributed by atoms with Gasteiger partial charge in [-0.2, -0.15) is 0 Å². The molecule has 1 aliphatic rings. The van der Waals surface area contributed by atoms with Crippen LogP contribution in [0.5, 0.6) is 0 Å². The Morgan fingerprint density at radius 1 is 1.53 bits per heavy atom. The first-order chi connectivity index (χ1) is 7.20. The van der Waals surface area contributed by atoms with Gasteiger partial charge in [0.05, 0.1) is 12.7 Å². The van der Waals surface area contributed by atoms with Crippen molar-refractivity contribution in [1.29, 1.82) is 0 Å². The summed E-state index contributed by atoms with van der Waals surface area (Å²) in [5.74, 6) is 0.117. The van der Waals surface area contributed by atoms with Gasteiger partial charge in [-0.05, 0) is 12.8 Å². The molecule has 0 N–H and O–H groups in total. The molecule has 3 nitrogen and oxygen atoms in total. The normalized spacial score (nSPS) is 30.7. The van der Waals surface area contributed by atoms with E-state index in [1.54, 1.807) is 14.2 Å². The number of hydrogen-bond acceptors (Lipinski definition) is 3. The molecule has 0 bridgehead atoms. The highest BCUT2D eigenvalue weighted by molar-refractivity contribution is 6.11. The molecule has 0 amide bonds. The molecular weight excluding hydrogens is 191 g/mol. The molecule has 0 aliphatic carbocycles. The van der Waals surface area contributed by atoms with Gasteiger partial charge in [-0.1, -0.05) is 12.2 Å². The van der Waals surface area contributed by atoms with Gasteiger partial charge in [0.2, 0.25) is 0 Å². The summed E-state index contributed by atoms with van der Waals surface area (Å²) in [7, 11) is 9.24. The third-order valence-corrected chi connectivity index (χ3v) is 2.83. The van der Waals surface area contributed by atoms with Crippen LogP contribution in [0.15, 0.2) is 12.2 Å². The van der Waals surface area contributed by atoms with Crippen LogP contribution in [0.2, 0.25) is 0 Å². The quantitative estimate of drug-likeness (QED) is 0.373. The van der Waals surface area contributed by atoms with E-state index in [0.717, 1.165) is 25.0 Å². The van der Waals surface area contributed by atoms with Gasteiger partial charge in [0.1, 0.15) is 7.85 Å². The predicted octanol–water partition coefficient (Wildman–Crippen LogP) is 1.13. The molecule has 1 fully saturated rings. The summed E-state index contributed by atoms with van der Waals surface area (Å²) >= 11 is 0. The van der Waals surface area contributed by atoms with Gasteiger partial charge in [0, 0.05) is 32.7 Å². The van der Waals surface area contributed by atoms with Crippen LogP contribution in [0.3, 0.4) is 0 Å². The van der Waals surface area contributed by atoms with Crippen LogP contribution in [0.1, 0.15) is 12.8 Å². The minimum atomic E-state index is -0.273. The van der Waals surface area contributed by atoms with Crippen molar-refractivity contribution in [3.63, 3.8) is 0 Å². The highest BCUT2D eigenvalue weighted by Gasteiger charge is 2.35. The van der Waals surface area contributed by atoms with E-state index in [9.17, 15) is 0 Å². The lowest BCUT2D eigenvalue weighted by Crippen LogP contribution is -2.27. The Labute approximate surface area is 93.2 Å². The number of rotatable bonds is 6. The second kappa shape index (κ2) is 6.31. The minimum absolute atomic E-state index is 0.0510. The van der Waals surface area contributed by atoms with Gasteiger partial charge < -0.3 is 14.2 Å². The standard InChI is InChI=1S/C11H19BO3/c1-8(5-4-6-13-2)10-9(14-3)7-15-11(10)12/h9-11H,1,4-7H2,2-3H3/t9-,10?,11-/m1/s1. The molecule has 15 heavy (non-hydrogen) atoms. The monoisotopic (exact) mass is 210 g/mol. The van der Waals surface area contributed by atoms with Crippen LogP contribution in [0.25, 0.3) is 0 Å². The van der Waals surface area contributed by atoms with Crippen molar-refractivity contribution in [1.82, 2.24) is 0 Å². The second-order valence-electron chi connectivity index (χ2n) is 3.85. The molecule has 3 atom stereocenters. The zero-order chi connectivity index (χ0) is 11.3. The summed E-state index contributed by atoms with van der Waals surface area (Å²) in [5, 5.41) is 0. The summed E-state index contributed by atoms with van der Waals surface area (Å²) < 4.78 is 15.7. The Kier molecular flexibility index (Phi) is 5.36. The van der Waals surface area contributed by atoms with E-state index in [-0.39, 0.29) is 18.0 Å². The molecule has 1 aliphatic heterocycles. The largest absolute Gasteiger partial charge is 0.385 e. The van der Waals surface area contributed by atoms with E-state index < -0.39 is 0 Å². The molecule has 1 unspecified atom stereocenters. The molecule has 84 valence electrons. The molecule has 0 aromatic carbocycles. The van der Waals surface area contributed by atoms with Crippen molar-refractivity contribution in [2.45, 2.75) is 24.9 Å². The molecule has 4 heteroatoms. The fraction of sp³-hybridized carbons (Fsp3) is 0.818. The van der Waals surface area contributed by atoms with E-state index in [2.05, 4.69) is 6.58 Å². The van der Waals surface area contributed by atoms with Crippen LogP contribution in [0.4, 0.5) is 0 Å². The molecule has 0 saturated carbocycles. The van der Waals surface area contributed by atoms with Crippen LogP contribution < -0.4 is 0 Å². The summed E-state index contributed by atoms with van der Waals surface area (Å²) in [4.78, 5) is 0. The van der Waals surface area contributed by atoms with Crippen LogP contribution in [-0.4, -0.2) is 47.4 Å². The average Bonchev–Trinajstić information content (AvgIpc) is 2.59. The fourth-order valence-electron chi connectivity index (χ4n) is 1.94. The Hall–Kier alpha value is -0.315. The smallest absolute Gasteiger partial charge is 0.109 e. The first kappa shape index (κ1) is 12.8. The van der Waals surface area contributed by atoms with Gasteiger partial charge in [-0.15, -0.1) is 0 Å². The Morgan fingerprint density at radius 2 is 2.27 bits per heavy atom. The van der Waals surface area contributed by atoms with E-state index >= 15 is 0 Å². The maximum absolute atomic E-state index is 5.86. The third-order valence-electron chi connectivity index (χ3n) is 2.83. The predicted molar refractivity (Wildman–Crippen MR) is 60.0 cm³/mol. The van der Waals surface area contributed by atoms with Crippen molar-refractivity contribution in [2.75, 3.05) is 27.4 Å². The minimum Gasteiger partial charge on any atom is -0.385 e. The van der Waals surface area contributed by atoms with Gasteiger partial charge in [-0.25, -0.2) is 0 Å². The molecule has 1 rings (SSSR count). The Bertz CT molecular complexity index is 208. The van der Waals surface area contributed by atoms with Crippen molar-refractivity contribution >= 4 is 7.85 Å². The lowest BCUT2D eigenvalue weighted by atomic mass is 9.79. The molecule has 1 heterocycles. The molecular formula is C11H19BO3. The molecule has 0 aromatic heterocycles. The van der Waals surface area contributed by atoms with E-state index in [0.29, 0.717) is 6.61 Å². The maximum atomic E-state index is 5.86. The highest BCUT2D eigenvalue weighted by atomic mass is 16.5. The number of ether oxygens (including phenoxy) is 3. The fourth-order valence-corrected chi connectivity index (χ4v) is 1.94. The van der Waals surface area contributed by atoms with Gasteiger partial charge in [0.25, 0.3) is 0 Å². The van der Waals surface area contributed by atoms with Crippen molar-refractivity contribution in [3.05, 3.63) is 12.2 Å². The van der Waals surface area contributed by atoms with Crippen molar-refractivity contribution < 1.29 is 14.2 Å². The van der Waals surface area contributed by atoms with Gasteiger partial charge in [0.15, 0.2) is 0 Å². The SMILES string of the molecule is [B][C@@H]1OC[C@@H](OC)C1C(=C)CCCOC. The Balaban J connectivity index is 2.41. The molecule has 0 aromatic rings. The Morgan fingerprint density at radius 3 is 2.87 bits per heavy atom. The zero-order valence-corrected chi connectivity index (χ0v) is 9.57. The van der Waals surface area contributed by atoms with Gasteiger partial charge in [-0.3, -0.25) is 0 Å². The van der Waals surface area contributed by atoms with Crippen molar-refractivity contribution in [3.8, 4) is 0 Å². The molecule has 2 radical (unpaired) electrons. The lowest BCUT2D eigenvalue weighted by molar-refractivity contribution is 0.0706. The van der Waals surface area contributed by atoms with E-state index in [1.807, 2.05) is 0 Å². The topological polar surface area (TPSA) is 27.7 Å². The van der Waals surface area contributed by atoms with E-state index in [1.165, 1.54) is 0 Å². The third kappa shape index (κ3) is 3.33. The second-order valence-corrected chi connectivity index (χ2v) is 3.85. The van der Waals surface area contributed by atoms with Crippen LogP contribution >= 0.6 is 0 Å². The molecule has 1 saturated heterocycles. The average molecular weight is 210 g/mol. The summed E-state index contributed by atoms with van der Waals surface area (Å²) in [5.41, 5.74) is 1.10. The van der Waals surface area contributed by atoms with Crippen LogP contribution in [-0.2, 0) is 14.2 Å². The van der Waals surface area contributed by atoms with Crippen molar-refractivity contribution in [2.24, 2.45) is 5.92 Å². The summed E-state index contributed by atoms with van der Waals surface area (Å²) in [6.45, 7) is 5.37.